The van der Waals surface area contributed by atoms with Crippen molar-refractivity contribution in [3.05, 3.63) is 24.4 Å². The fraction of sp³-hybridized carbons (Fsp3) is 0.455. The van der Waals surface area contributed by atoms with Crippen molar-refractivity contribution in [3.63, 3.8) is 0 Å². The van der Waals surface area contributed by atoms with Crippen LogP contribution in [0.4, 0.5) is 0 Å². The van der Waals surface area contributed by atoms with E-state index in [9.17, 15) is 13.2 Å². The zero-order valence-corrected chi connectivity index (χ0v) is 10.5. The summed E-state index contributed by atoms with van der Waals surface area (Å²) in [6.45, 7) is -0.00108. The predicted octanol–water partition coefficient (Wildman–Crippen LogP) is 0.709. The first kappa shape index (κ1) is 13.0. The molecule has 1 saturated carbocycles. The molecule has 1 fully saturated rings. The highest BCUT2D eigenvalue weighted by atomic mass is 32.2. The molecule has 1 heterocycles. The molecule has 0 unspecified atom stereocenters. The Bertz CT molecular complexity index is 525. The Hall–Kier alpha value is -1.47. The van der Waals surface area contributed by atoms with E-state index in [1.807, 2.05) is 0 Å². The van der Waals surface area contributed by atoms with Gasteiger partial charge in [0.15, 0.2) is 5.03 Å². The topological polar surface area (TPSA) is 87.6 Å². The number of aromatic nitrogens is 1. The molecule has 7 heteroatoms. The minimum Gasteiger partial charge on any atom is -0.481 e. The Labute approximate surface area is 105 Å². The quantitative estimate of drug-likeness (QED) is 0.822. The van der Waals surface area contributed by atoms with Crippen molar-refractivity contribution in [3.8, 4) is 0 Å². The van der Waals surface area contributed by atoms with Gasteiger partial charge in [0, 0.05) is 18.8 Å². The Morgan fingerprint density at radius 2 is 2.17 bits per heavy atom. The van der Waals surface area contributed by atoms with Gasteiger partial charge in [-0.1, -0.05) is 6.07 Å². The standard InChI is InChI=1S/C11H14N2O4S/c14-11(15)6-8-13(9-4-5-9)18(16,17)10-3-1-2-7-12-10/h1-3,7,9H,4-6,8H2,(H,14,15). The second-order valence-electron chi connectivity index (χ2n) is 4.16. The summed E-state index contributed by atoms with van der Waals surface area (Å²) < 4.78 is 25.8. The molecule has 1 N–H and O–H groups in total. The third-order valence-corrected chi connectivity index (χ3v) is 4.58. The van der Waals surface area contributed by atoms with Crippen LogP contribution < -0.4 is 0 Å². The third-order valence-electron chi connectivity index (χ3n) is 2.71. The number of carboxylic acid groups (broad SMARTS) is 1. The Balaban J connectivity index is 2.22. The summed E-state index contributed by atoms with van der Waals surface area (Å²) >= 11 is 0. The number of rotatable bonds is 6. The van der Waals surface area contributed by atoms with Gasteiger partial charge in [-0.25, -0.2) is 13.4 Å². The van der Waals surface area contributed by atoms with Gasteiger partial charge in [0.25, 0.3) is 10.0 Å². The molecule has 0 spiro atoms. The number of sulfonamides is 1. The van der Waals surface area contributed by atoms with Gasteiger partial charge in [0.2, 0.25) is 0 Å². The predicted molar refractivity (Wildman–Crippen MR) is 63.4 cm³/mol. The number of aliphatic carboxylic acids is 1. The molecular weight excluding hydrogens is 256 g/mol. The van der Waals surface area contributed by atoms with Crippen molar-refractivity contribution in [1.29, 1.82) is 0 Å². The first-order valence-electron chi connectivity index (χ1n) is 5.66. The first-order chi connectivity index (χ1) is 8.51. The second-order valence-corrected chi connectivity index (χ2v) is 6.00. The van der Waals surface area contributed by atoms with Crippen LogP contribution in [0.3, 0.4) is 0 Å². The van der Waals surface area contributed by atoms with Crippen LogP contribution in [0.5, 0.6) is 0 Å². The van der Waals surface area contributed by atoms with E-state index in [-0.39, 0.29) is 24.0 Å². The van der Waals surface area contributed by atoms with Gasteiger partial charge < -0.3 is 5.11 Å². The molecule has 18 heavy (non-hydrogen) atoms. The van der Waals surface area contributed by atoms with Gasteiger partial charge >= 0.3 is 5.97 Å². The van der Waals surface area contributed by atoms with Gasteiger partial charge in [-0.3, -0.25) is 4.79 Å². The SMILES string of the molecule is O=C(O)CCN(C1CC1)S(=O)(=O)c1ccccn1. The number of pyridine rings is 1. The molecule has 0 amide bonds. The molecule has 1 aliphatic carbocycles. The van der Waals surface area contributed by atoms with Crippen LogP contribution in [0, 0.1) is 0 Å². The summed E-state index contributed by atoms with van der Waals surface area (Å²) in [5.74, 6) is -1.00. The smallest absolute Gasteiger partial charge is 0.304 e. The molecule has 6 nitrogen and oxygen atoms in total. The lowest BCUT2D eigenvalue weighted by atomic mass is 10.4. The molecular formula is C11H14N2O4S. The maximum atomic E-state index is 12.3. The number of hydrogen-bond acceptors (Lipinski definition) is 4. The molecule has 98 valence electrons. The van der Waals surface area contributed by atoms with Crippen LogP contribution in [-0.4, -0.2) is 41.4 Å². The monoisotopic (exact) mass is 270 g/mol. The molecule has 0 aliphatic heterocycles. The maximum absolute atomic E-state index is 12.3. The summed E-state index contributed by atoms with van der Waals surface area (Å²) in [5, 5.41) is 8.64. The fourth-order valence-corrected chi connectivity index (χ4v) is 3.31. The van der Waals surface area contributed by atoms with E-state index in [4.69, 9.17) is 5.11 Å². The fourth-order valence-electron chi connectivity index (χ4n) is 1.69. The van der Waals surface area contributed by atoms with E-state index in [2.05, 4.69) is 4.98 Å². The van der Waals surface area contributed by atoms with Crippen LogP contribution in [0.25, 0.3) is 0 Å². The number of carbonyl (C=O) groups is 1. The minimum atomic E-state index is -3.67. The second kappa shape index (κ2) is 5.03. The summed E-state index contributed by atoms with van der Waals surface area (Å²) in [7, 11) is -3.67. The van der Waals surface area contributed by atoms with Crippen molar-refractivity contribution in [1.82, 2.24) is 9.29 Å². The third kappa shape index (κ3) is 2.85. The average Bonchev–Trinajstić information content (AvgIpc) is 3.14. The molecule has 0 saturated heterocycles. The van der Waals surface area contributed by atoms with Crippen LogP contribution in [-0.2, 0) is 14.8 Å². The lowest BCUT2D eigenvalue weighted by Crippen LogP contribution is -2.35. The molecule has 1 aromatic heterocycles. The first-order valence-corrected chi connectivity index (χ1v) is 7.10. The van der Waals surface area contributed by atoms with Gasteiger partial charge in [-0.05, 0) is 25.0 Å². The van der Waals surface area contributed by atoms with Gasteiger partial charge in [-0.15, -0.1) is 0 Å². The van der Waals surface area contributed by atoms with Gasteiger partial charge in [0.05, 0.1) is 6.42 Å². The molecule has 2 rings (SSSR count). The van der Waals surface area contributed by atoms with Crippen LogP contribution in [0.1, 0.15) is 19.3 Å². The highest BCUT2D eigenvalue weighted by Crippen LogP contribution is 2.31. The highest BCUT2D eigenvalue weighted by Gasteiger charge is 2.38. The van der Waals surface area contributed by atoms with Crippen LogP contribution in [0.15, 0.2) is 29.4 Å². The zero-order chi connectivity index (χ0) is 13.2. The molecule has 1 aromatic rings. The van der Waals surface area contributed by atoms with E-state index in [0.29, 0.717) is 0 Å². The van der Waals surface area contributed by atoms with Crippen LogP contribution >= 0.6 is 0 Å². The zero-order valence-electron chi connectivity index (χ0n) is 9.69. The molecule has 1 aliphatic rings. The van der Waals surface area contributed by atoms with Crippen molar-refractivity contribution in [2.45, 2.75) is 30.3 Å². The molecule has 0 bridgehead atoms. The van der Waals surface area contributed by atoms with Crippen LogP contribution in [0.2, 0.25) is 0 Å². The van der Waals surface area contributed by atoms with E-state index in [1.54, 1.807) is 12.1 Å². The molecule has 0 atom stereocenters. The summed E-state index contributed by atoms with van der Waals surface area (Å²) in [6, 6.07) is 4.59. The largest absolute Gasteiger partial charge is 0.481 e. The van der Waals surface area contributed by atoms with E-state index >= 15 is 0 Å². The summed E-state index contributed by atoms with van der Waals surface area (Å²) in [6.07, 6.45) is 2.79. The number of hydrogen-bond donors (Lipinski definition) is 1. The van der Waals surface area contributed by atoms with E-state index in [0.717, 1.165) is 12.8 Å². The van der Waals surface area contributed by atoms with Crippen molar-refractivity contribution in [2.24, 2.45) is 0 Å². The summed E-state index contributed by atoms with van der Waals surface area (Å²) in [4.78, 5) is 14.4. The number of carboxylic acids is 1. The Morgan fingerprint density at radius 3 is 2.67 bits per heavy atom. The Morgan fingerprint density at radius 1 is 1.44 bits per heavy atom. The summed E-state index contributed by atoms with van der Waals surface area (Å²) in [5.41, 5.74) is 0. The highest BCUT2D eigenvalue weighted by molar-refractivity contribution is 7.89. The maximum Gasteiger partial charge on any atom is 0.304 e. The average molecular weight is 270 g/mol. The number of nitrogens with zero attached hydrogens (tertiary/aromatic N) is 2. The van der Waals surface area contributed by atoms with Crippen molar-refractivity contribution < 1.29 is 18.3 Å². The lowest BCUT2D eigenvalue weighted by molar-refractivity contribution is -0.137. The lowest BCUT2D eigenvalue weighted by Gasteiger charge is -2.20. The van der Waals surface area contributed by atoms with E-state index < -0.39 is 16.0 Å². The van der Waals surface area contributed by atoms with E-state index in [1.165, 1.54) is 16.6 Å². The van der Waals surface area contributed by atoms with Crippen molar-refractivity contribution in [2.75, 3.05) is 6.54 Å². The van der Waals surface area contributed by atoms with Gasteiger partial charge in [-0.2, -0.15) is 4.31 Å². The molecule has 0 radical (unpaired) electrons. The van der Waals surface area contributed by atoms with Crippen molar-refractivity contribution >= 4 is 16.0 Å². The van der Waals surface area contributed by atoms with Gasteiger partial charge in [0.1, 0.15) is 0 Å². The normalized spacial score (nSPS) is 15.8. The Kier molecular flexibility index (Phi) is 3.63. The molecule has 0 aromatic carbocycles. The minimum absolute atomic E-state index is 0.00108.